The average molecular weight is 227 g/mol. The first kappa shape index (κ1) is 10.4. The van der Waals surface area contributed by atoms with E-state index in [-0.39, 0.29) is 0 Å². The van der Waals surface area contributed by atoms with E-state index in [4.69, 9.17) is 0 Å². The second-order valence-corrected chi connectivity index (χ2v) is 4.81. The number of nitrogens with one attached hydrogen (secondary N) is 1. The quantitative estimate of drug-likeness (QED) is 0.812. The lowest BCUT2D eigenvalue weighted by Gasteiger charge is -2.28. The third kappa shape index (κ3) is 1.71. The molecule has 0 atom stereocenters. The zero-order valence-corrected chi connectivity index (χ0v) is 10.3. The molecule has 1 N–H and O–H groups in total. The van der Waals surface area contributed by atoms with Crippen LogP contribution in [0.15, 0.2) is 24.5 Å². The van der Waals surface area contributed by atoms with Crippen LogP contribution in [0.25, 0.3) is 11.1 Å². The minimum Gasteiger partial charge on any atom is -0.374 e. The van der Waals surface area contributed by atoms with Gasteiger partial charge in [0.15, 0.2) is 0 Å². The molecule has 88 valence electrons. The molecule has 1 aromatic heterocycles. The van der Waals surface area contributed by atoms with Crippen LogP contribution in [0.1, 0.15) is 17.5 Å². The van der Waals surface area contributed by atoms with Crippen molar-refractivity contribution in [3.05, 3.63) is 35.7 Å². The third-order valence-corrected chi connectivity index (χ3v) is 3.59. The van der Waals surface area contributed by atoms with Crippen LogP contribution in [0, 0.1) is 6.92 Å². The average Bonchev–Trinajstić information content (AvgIpc) is 2.83. The van der Waals surface area contributed by atoms with E-state index < -0.39 is 0 Å². The summed E-state index contributed by atoms with van der Waals surface area (Å²) in [6, 6.07) is 4.63. The van der Waals surface area contributed by atoms with Crippen molar-refractivity contribution in [2.45, 2.75) is 19.8 Å². The van der Waals surface area contributed by atoms with E-state index in [0.717, 1.165) is 6.54 Å². The summed E-state index contributed by atoms with van der Waals surface area (Å²) in [7, 11) is 2.18. The van der Waals surface area contributed by atoms with E-state index in [0.29, 0.717) is 0 Å². The lowest BCUT2D eigenvalue weighted by atomic mass is 9.94. The number of aromatic nitrogens is 2. The Hall–Kier alpha value is -1.77. The Bertz CT molecular complexity index is 529. The molecule has 1 aliphatic rings. The summed E-state index contributed by atoms with van der Waals surface area (Å²) in [5.41, 5.74) is 6.65. The number of H-pyrrole nitrogens is 1. The third-order valence-electron chi connectivity index (χ3n) is 3.59. The summed E-state index contributed by atoms with van der Waals surface area (Å²) in [5.74, 6) is 0. The number of nitrogens with zero attached hydrogens (tertiary/aromatic N) is 2. The van der Waals surface area contributed by atoms with Crippen molar-refractivity contribution >= 4 is 5.69 Å². The molecule has 17 heavy (non-hydrogen) atoms. The zero-order chi connectivity index (χ0) is 11.8. The van der Waals surface area contributed by atoms with E-state index in [1.54, 1.807) is 0 Å². The summed E-state index contributed by atoms with van der Waals surface area (Å²) in [6.45, 7) is 3.34. The van der Waals surface area contributed by atoms with Crippen LogP contribution in [0.3, 0.4) is 0 Å². The van der Waals surface area contributed by atoms with Crippen molar-refractivity contribution < 1.29 is 0 Å². The van der Waals surface area contributed by atoms with E-state index in [1.165, 1.54) is 40.8 Å². The first-order chi connectivity index (χ1) is 8.25. The number of aryl methyl sites for hydroxylation is 2. The van der Waals surface area contributed by atoms with Crippen LogP contribution in [0.2, 0.25) is 0 Å². The van der Waals surface area contributed by atoms with E-state index in [9.17, 15) is 0 Å². The van der Waals surface area contributed by atoms with Crippen molar-refractivity contribution in [1.82, 2.24) is 10.2 Å². The van der Waals surface area contributed by atoms with Gasteiger partial charge in [-0.3, -0.25) is 5.10 Å². The van der Waals surface area contributed by atoms with Gasteiger partial charge in [0, 0.05) is 31.0 Å². The predicted molar refractivity (Wildman–Crippen MR) is 70.4 cm³/mol. The Morgan fingerprint density at radius 3 is 3.00 bits per heavy atom. The van der Waals surface area contributed by atoms with Gasteiger partial charge in [-0.25, -0.2) is 0 Å². The highest BCUT2D eigenvalue weighted by Crippen LogP contribution is 2.33. The normalized spacial score (nSPS) is 14.8. The lowest BCUT2D eigenvalue weighted by molar-refractivity contribution is 0.744. The van der Waals surface area contributed by atoms with Crippen LogP contribution in [0.5, 0.6) is 0 Å². The van der Waals surface area contributed by atoms with Gasteiger partial charge in [-0.1, -0.05) is 0 Å². The Morgan fingerprint density at radius 2 is 2.24 bits per heavy atom. The maximum absolute atomic E-state index is 4.03. The molecule has 0 radical (unpaired) electrons. The topological polar surface area (TPSA) is 31.9 Å². The van der Waals surface area contributed by atoms with Crippen LogP contribution >= 0.6 is 0 Å². The van der Waals surface area contributed by atoms with Gasteiger partial charge in [0.1, 0.15) is 0 Å². The van der Waals surface area contributed by atoms with Gasteiger partial charge in [-0.2, -0.15) is 5.10 Å². The molecular weight excluding hydrogens is 210 g/mol. The number of fused-ring (bicyclic) bond motifs is 1. The highest BCUT2D eigenvalue weighted by Gasteiger charge is 2.16. The summed E-state index contributed by atoms with van der Waals surface area (Å²) < 4.78 is 0. The number of aromatic amines is 1. The number of anilines is 1. The molecule has 0 unspecified atom stereocenters. The largest absolute Gasteiger partial charge is 0.374 e. The molecule has 3 heteroatoms. The molecule has 3 nitrogen and oxygen atoms in total. The highest BCUT2D eigenvalue weighted by molar-refractivity contribution is 5.72. The fraction of sp³-hybridized carbons (Fsp3) is 0.357. The van der Waals surface area contributed by atoms with Crippen LogP contribution < -0.4 is 4.90 Å². The lowest BCUT2D eigenvalue weighted by Crippen LogP contribution is -2.24. The smallest absolute Gasteiger partial charge is 0.0565 e. The fourth-order valence-corrected chi connectivity index (χ4v) is 2.63. The molecule has 1 aliphatic heterocycles. The van der Waals surface area contributed by atoms with Gasteiger partial charge in [-0.05, 0) is 48.6 Å². The molecule has 2 heterocycles. The highest BCUT2D eigenvalue weighted by atomic mass is 15.1. The number of benzene rings is 1. The maximum atomic E-state index is 4.03. The van der Waals surface area contributed by atoms with Crippen molar-refractivity contribution in [2.24, 2.45) is 0 Å². The minimum atomic E-state index is 1.16. The Kier molecular flexibility index (Phi) is 2.39. The zero-order valence-electron chi connectivity index (χ0n) is 10.3. The maximum Gasteiger partial charge on any atom is 0.0565 e. The number of rotatable bonds is 1. The first-order valence-corrected chi connectivity index (χ1v) is 6.09. The molecule has 1 aromatic carbocycles. The molecular formula is C14H17N3. The van der Waals surface area contributed by atoms with Crippen LogP contribution in [0.4, 0.5) is 5.69 Å². The van der Waals surface area contributed by atoms with Crippen molar-refractivity contribution in [2.75, 3.05) is 18.5 Å². The predicted octanol–water partition coefficient (Wildman–Crippen LogP) is 2.77. The molecule has 0 aliphatic carbocycles. The van der Waals surface area contributed by atoms with Gasteiger partial charge in [0.05, 0.1) is 6.20 Å². The van der Waals surface area contributed by atoms with Crippen molar-refractivity contribution in [3.63, 3.8) is 0 Å². The number of hydrogen-bond donors (Lipinski definition) is 1. The van der Waals surface area contributed by atoms with Crippen LogP contribution in [-0.4, -0.2) is 23.8 Å². The van der Waals surface area contributed by atoms with E-state index in [1.807, 2.05) is 12.4 Å². The number of hydrogen-bond acceptors (Lipinski definition) is 2. The summed E-state index contributed by atoms with van der Waals surface area (Å²) in [4.78, 5) is 2.35. The molecule has 0 spiro atoms. The SMILES string of the molecule is Cc1cc2c(cc1-c1cn[nH]c1)CCCN2C. The summed E-state index contributed by atoms with van der Waals surface area (Å²) in [5, 5.41) is 6.92. The van der Waals surface area contributed by atoms with Crippen molar-refractivity contribution in [3.8, 4) is 11.1 Å². The van der Waals surface area contributed by atoms with Crippen LogP contribution in [-0.2, 0) is 6.42 Å². The summed E-state index contributed by atoms with van der Waals surface area (Å²) in [6.07, 6.45) is 6.28. The molecule has 0 fully saturated rings. The van der Waals surface area contributed by atoms with E-state index >= 15 is 0 Å². The molecule has 0 amide bonds. The first-order valence-electron chi connectivity index (χ1n) is 6.09. The molecule has 2 aromatic rings. The Labute approximate surface area is 101 Å². The second-order valence-electron chi connectivity index (χ2n) is 4.81. The van der Waals surface area contributed by atoms with Gasteiger partial charge < -0.3 is 4.90 Å². The Morgan fingerprint density at radius 1 is 1.35 bits per heavy atom. The van der Waals surface area contributed by atoms with Crippen molar-refractivity contribution in [1.29, 1.82) is 0 Å². The molecule has 3 rings (SSSR count). The molecule has 0 saturated heterocycles. The van der Waals surface area contributed by atoms with E-state index in [2.05, 4.69) is 41.2 Å². The minimum absolute atomic E-state index is 1.16. The summed E-state index contributed by atoms with van der Waals surface area (Å²) >= 11 is 0. The standard InChI is InChI=1S/C14H17N3/c1-10-6-14-11(4-3-5-17(14)2)7-13(10)12-8-15-16-9-12/h6-9H,3-5H2,1-2H3,(H,15,16). The fourth-order valence-electron chi connectivity index (χ4n) is 2.63. The molecule has 0 saturated carbocycles. The molecule has 0 bridgehead atoms. The van der Waals surface area contributed by atoms with Gasteiger partial charge >= 0.3 is 0 Å². The van der Waals surface area contributed by atoms with Gasteiger partial charge in [0.2, 0.25) is 0 Å². The van der Waals surface area contributed by atoms with Gasteiger partial charge in [0.25, 0.3) is 0 Å². The monoisotopic (exact) mass is 227 g/mol. The Balaban J connectivity index is 2.13. The van der Waals surface area contributed by atoms with Gasteiger partial charge in [-0.15, -0.1) is 0 Å². The second kappa shape index (κ2) is 3.91.